The Bertz CT molecular complexity index is 1310. The van der Waals surface area contributed by atoms with Gasteiger partial charge in [-0.25, -0.2) is 0 Å². The van der Waals surface area contributed by atoms with E-state index in [0.29, 0.717) is 33.9 Å². The molecule has 182 valence electrons. The maximum Gasteiger partial charge on any atom is 0.317 e. The number of hydrogen-bond donors (Lipinski definition) is 1. The highest BCUT2D eigenvalue weighted by Gasteiger charge is 2.43. The van der Waals surface area contributed by atoms with Crippen LogP contribution in [0, 0.1) is 5.92 Å². The van der Waals surface area contributed by atoms with Gasteiger partial charge in [0.25, 0.3) is 0 Å². The number of phenols is 1. The molecule has 2 unspecified atom stereocenters. The number of rotatable bonds is 7. The fraction of sp³-hybridized carbons (Fsp3) is 0.286. The predicted molar refractivity (Wildman–Crippen MR) is 132 cm³/mol. The van der Waals surface area contributed by atoms with Crippen molar-refractivity contribution in [1.82, 2.24) is 0 Å². The molecule has 0 bridgehead atoms. The van der Waals surface area contributed by atoms with Gasteiger partial charge in [-0.05, 0) is 54.0 Å². The fourth-order valence-electron chi connectivity index (χ4n) is 4.90. The molecule has 3 aromatic rings. The molecule has 4 rings (SSSR count). The molecule has 0 amide bonds. The Balaban J connectivity index is 2.00. The average Bonchev–Trinajstić information content (AvgIpc) is 2.86. The van der Waals surface area contributed by atoms with Gasteiger partial charge < -0.3 is 24.1 Å². The van der Waals surface area contributed by atoms with E-state index < -0.39 is 23.6 Å². The van der Waals surface area contributed by atoms with Gasteiger partial charge in [-0.3, -0.25) is 9.59 Å². The molecule has 1 aliphatic rings. The van der Waals surface area contributed by atoms with Crippen LogP contribution >= 0.6 is 0 Å². The first-order valence-corrected chi connectivity index (χ1v) is 11.4. The molecule has 0 heterocycles. The van der Waals surface area contributed by atoms with E-state index in [-0.39, 0.29) is 18.8 Å². The molecular formula is C28H28O7. The maximum absolute atomic E-state index is 13.5. The number of carbonyl (C=O) groups excluding carboxylic acids is 2. The van der Waals surface area contributed by atoms with Crippen LogP contribution in [0.4, 0.5) is 0 Å². The van der Waals surface area contributed by atoms with Gasteiger partial charge in [-0.1, -0.05) is 30.3 Å². The van der Waals surface area contributed by atoms with Crippen molar-refractivity contribution in [2.24, 2.45) is 5.92 Å². The number of ketones is 1. The molecule has 7 heteroatoms. The minimum atomic E-state index is -1.08. The van der Waals surface area contributed by atoms with Crippen molar-refractivity contribution in [2.45, 2.75) is 19.3 Å². The number of ether oxygens (including phenoxy) is 4. The van der Waals surface area contributed by atoms with Gasteiger partial charge in [0.05, 0.1) is 33.5 Å². The van der Waals surface area contributed by atoms with Gasteiger partial charge in [-0.2, -0.15) is 0 Å². The maximum atomic E-state index is 13.5. The lowest BCUT2D eigenvalue weighted by Crippen LogP contribution is -2.34. The number of fused-ring (bicyclic) bond motifs is 1. The van der Waals surface area contributed by atoms with Crippen molar-refractivity contribution in [3.63, 3.8) is 0 Å². The van der Waals surface area contributed by atoms with Gasteiger partial charge in [0.1, 0.15) is 17.4 Å². The highest BCUT2D eigenvalue weighted by molar-refractivity contribution is 6.12. The minimum absolute atomic E-state index is 0.0146. The van der Waals surface area contributed by atoms with Crippen molar-refractivity contribution in [1.29, 1.82) is 0 Å². The second-order valence-corrected chi connectivity index (χ2v) is 8.21. The van der Waals surface area contributed by atoms with Crippen LogP contribution in [0.25, 0.3) is 16.3 Å². The Morgan fingerprint density at radius 1 is 1.00 bits per heavy atom. The zero-order chi connectivity index (χ0) is 25.1. The lowest BCUT2D eigenvalue weighted by atomic mass is 9.72. The number of allylic oxidation sites excluding steroid dienone is 2. The van der Waals surface area contributed by atoms with E-state index in [9.17, 15) is 14.7 Å². The predicted octanol–water partition coefficient (Wildman–Crippen LogP) is 4.89. The Kier molecular flexibility index (Phi) is 6.96. The topological polar surface area (TPSA) is 91.3 Å². The van der Waals surface area contributed by atoms with Crippen LogP contribution < -0.4 is 14.2 Å². The zero-order valence-corrected chi connectivity index (χ0v) is 20.2. The van der Waals surface area contributed by atoms with Crippen molar-refractivity contribution in [3.05, 3.63) is 65.7 Å². The van der Waals surface area contributed by atoms with Crippen LogP contribution in [0.1, 0.15) is 30.4 Å². The normalized spacial score (nSPS) is 17.6. The summed E-state index contributed by atoms with van der Waals surface area (Å²) in [5.74, 6) is -1.37. The van der Waals surface area contributed by atoms with Gasteiger partial charge in [0.15, 0.2) is 17.3 Å². The van der Waals surface area contributed by atoms with E-state index in [1.54, 1.807) is 26.2 Å². The molecule has 0 saturated heterocycles. The monoisotopic (exact) mass is 476 g/mol. The van der Waals surface area contributed by atoms with E-state index in [4.69, 9.17) is 18.9 Å². The molecule has 2 atom stereocenters. The smallest absolute Gasteiger partial charge is 0.317 e. The SMILES string of the molecule is CCOC(=O)C1C(=O)C=C(c2c(O)cccc2OC)CC1c1c(OC)c(OC)cc2ccccc12. The number of benzene rings is 3. The number of esters is 1. The summed E-state index contributed by atoms with van der Waals surface area (Å²) in [6, 6.07) is 14.5. The lowest BCUT2D eigenvalue weighted by Gasteiger charge is -2.32. The van der Waals surface area contributed by atoms with Crippen LogP contribution in [0.2, 0.25) is 0 Å². The molecule has 0 aliphatic heterocycles. The highest BCUT2D eigenvalue weighted by Crippen LogP contribution is 2.51. The van der Waals surface area contributed by atoms with Gasteiger partial charge in [0.2, 0.25) is 0 Å². The molecule has 7 nitrogen and oxygen atoms in total. The molecule has 3 aromatic carbocycles. The summed E-state index contributed by atoms with van der Waals surface area (Å²) in [6.07, 6.45) is 1.67. The van der Waals surface area contributed by atoms with Crippen LogP contribution in [0.15, 0.2) is 54.6 Å². The number of phenolic OH excluding ortho intramolecular Hbond substituents is 1. The molecular weight excluding hydrogens is 448 g/mol. The molecule has 0 radical (unpaired) electrons. The molecule has 0 fully saturated rings. The number of hydrogen-bond acceptors (Lipinski definition) is 7. The average molecular weight is 477 g/mol. The van der Waals surface area contributed by atoms with Crippen LogP contribution in [0.3, 0.4) is 0 Å². The zero-order valence-electron chi connectivity index (χ0n) is 20.2. The second kappa shape index (κ2) is 10.1. The summed E-state index contributed by atoms with van der Waals surface area (Å²) >= 11 is 0. The van der Waals surface area contributed by atoms with E-state index in [1.807, 2.05) is 30.3 Å². The standard InChI is InChI=1S/C28H28O7/c1-5-35-28(31)26-19(13-17(14-21(26)30)24-20(29)11-8-12-22(24)32-2)25-18-10-7-6-9-16(18)15-23(33-3)27(25)34-4/h6-12,14-15,19,26,29H,5,13H2,1-4H3. The van der Waals surface area contributed by atoms with Crippen molar-refractivity contribution < 1.29 is 33.6 Å². The van der Waals surface area contributed by atoms with Crippen molar-refractivity contribution in [2.75, 3.05) is 27.9 Å². The number of carbonyl (C=O) groups is 2. The Labute approximate surface area is 203 Å². The Hall–Kier alpha value is -4.00. The summed E-state index contributed by atoms with van der Waals surface area (Å²) in [5.41, 5.74) is 1.65. The van der Waals surface area contributed by atoms with E-state index in [1.165, 1.54) is 26.4 Å². The van der Waals surface area contributed by atoms with Crippen LogP contribution in [0.5, 0.6) is 23.0 Å². The summed E-state index contributed by atoms with van der Waals surface area (Å²) in [4.78, 5) is 26.6. The van der Waals surface area contributed by atoms with Crippen molar-refractivity contribution in [3.8, 4) is 23.0 Å². The Morgan fingerprint density at radius 3 is 2.43 bits per heavy atom. The fourth-order valence-corrected chi connectivity index (χ4v) is 4.90. The molecule has 35 heavy (non-hydrogen) atoms. The first-order chi connectivity index (χ1) is 16.9. The van der Waals surface area contributed by atoms with E-state index in [0.717, 1.165) is 10.8 Å². The third-order valence-corrected chi connectivity index (χ3v) is 6.35. The summed E-state index contributed by atoms with van der Waals surface area (Å²) in [5, 5.41) is 12.4. The minimum Gasteiger partial charge on any atom is -0.507 e. The van der Waals surface area contributed by atoms with Gasteiger partial charge >= 0.3 is 5.97 Å². The molecule has 0 saturated carbocycles. The van der Waals surface area contributed by atoms with E-state index in [2.05, 4.69) is 0 Å². The largest absolute Gasteiger partial charge is 0.507 e. The van der Waals surface area contributed by atoms with Crippen molar-refractivity contribution >= 4 is 28.1 Å². The summed E-state index contributed by atoms with van der Waals surface area (Å²) in [7, 11) is 4.58. The summed E-state index contributed by atoms with van der Waals surface area (Å²) in [6.45, 7) is 1.85. The lowest BCUT2D eigenvalue weighted by molar-refractivity contribution is -0.151. The third-order valence-electron chi connectivity index (χ3n) is 6.35. The molecule has 1 aliphatic carbocycles. The third kappa shape index (κ3) is 4.30. The second-order valence-electron chi connectivity index (χ2n) is 8.21. The Morgan fingerprint density at radius 2 is 1.74 bits per heavy atom. The van der Waals surface area contributed by atoms with Gasteiger partial charge in [-0.15, -0.1) is 0 Å². The molecule has 0 aromatic heterocycles. The van der Waals surface area contributed by atoms with Crippen LogP contribution in [-0.4, -0.2) is 44.8 Å². The quantitative estimate of drug-likeness (QED) is 0.383. The van der Waals surface area contributed by atoms with Crippen LogP contribution in [-0.2, 0) is 14.3 Å². The number of aromatic hydroxyl groups is 1. The summed E-state index contributed by atoms with van der Waals surface area (Å²) < 4.78 is 22.2. The molecule has 0 spiro atoms. The first kappa shape index (κ1) is 24.1. The van der Waals surface area contributed by atoms with E-state index >= 15 is 0 Å². The highest BCUT2D eigenvalue weighted by atomic mass is 16.5. The molecule has 1 N–H and O–H groups in total. The number of methoxy groups -OCH3 is 3. The van der Waals surface area contributed by atoms with Gasteiger partial charge in [0, 0.05) is 11.5 Å². The first-order valence-electron chi connectivity index (χ1n) is 11.4.